The van der Waals surface area contributed by atoms with Gasteiger partial charge in [0.2, 0.25) is 0 Å². The van der Waals surface area contributed by atoms with E-state index in [0.717, 1.165) is 0 Å². The van der Waals surface area contributed by atoms with Crippen LogP contribution in [0.1, 0.15) is 45.4 Å². The number of hydrogen-bond donors (Lipinski definition) is 0. The summed E-state index contributed by atoms with van der Waals surface area (Å²) in [4.78, 5) is 4.51. The molecule has 0 bridgehead atoms. The molecule has 1 aliphatic carbocycles. The van der Waals surface area contributed by atoms with Crippen LogP contribution in [0.15, 0.2) is 17.1 Å². The molecule has 0 aromatic carbocycles. The van der Waals surface area contributed by atoms with Crippen LogP contribution >= 0.6 is 0 Å². The first-order chi connectivity index (χ1) is 7.33. The second-order valence-electron chi connectivity index (χ2n) is 4.36. The van der Waals surface area contributed by atoms with Crippen LogP contribution in [0.3, 0.4) is 0 Å². The molecule has 0 N–H and O–H groups in total. The third-order valence-corrected chi connectivity index (χ3v) is 2.86. The molecule has 1 rings (SSSR count). The van der Waals surface area contributed by atoms with Gasteiger partial charge in [0.25, 0.3) is 0 Å². The van der Waals surface area contributed by atoms with E-state index >= 15 is 0 Å². The molecule has 0 unspecified atom stereocenters. The zero-order valence-electron chi connectivity index (χ0n) is 9.86. The summed E-state index contributed by atoms with van der Waals surface area (Å²) in [7, 11) is 0. The van der Waals surface area contributed by atoms with Gasteiger partial charge in [-0.1, -0.05) is 38.3 Å². The van der Waals surface area contributed by atoms with Crippen LogP contribution in [0, 0.1) is 19.3 Å². The summed E-state index contributed by atoms with van der Waals surface area (Å²) in [5.74, 6) is 0.450. The molecular formula is C14H23N. The number of allylic oxidation sites excluding steroid dienone is 2. The SMILES string of the molecule is [CH2][C@@H](/C=C\[CH]C=NC1CCCC1)CCC. The first-order valence-corrected chi connectivity index (χ1v) is 6.19. The minimum Gasteiger partial charge on any atom is -0.294 e. The smallest absolute Gasteiger partial charge is 0.0496 e. The van der Waals surface area contributed by atoms with Crippen molar-refractivity contribution >= 4 is 6.21 Å². The van der Waals surface area contributed by atoms with Crippen LogP contribution in [0.2, 0.25) is 0 Å². The van der Waals surface area contributed by atoms with Crippen molar-refractivity contribution in [2.45, 2.75) is 51.5 Å². The molecule has 0 amide bonds. The Hall–Kier alpha value is -0.590. The van der Waals surface area contributed by atoms with E-state index in [1.165, 1.54) is 38.5 Å². The van der Waals surface area contributed by atoms with Crippen molar-refractivity contribution in [3.05, 3.63) is 25.5 Å². The fraction of sp³-hybridized carbons (Fsp3) is 0.643. The van der Waals surface area contributed by atoms with Gasteiger partial charge in [-0.25, -0.2) is 0 Å². The number of rotatable bonds is 6. The maximum atomic E-state index is 4.51. The van der Waals surface area contributed by atoms with Crippen molar-refractivity contribution in [3.8, 4) is 0 Å². The molecule has 1 nitrogen and oxygen atoms in total. The van der Waals surface area contributed by atoms with Crippen LogP contribution in [0.5, 0.6) is 0 Å². The Kier molecular flexibility index (Phi) is 6.38. The second-order valence-corrected chi connectivity index (χ2v) is 4.36. The molecule has 1 fully saturated rings. The Morgan fingerprint density at radius 1 is 1.40 bits per heavy atom. The van der Waals surface area contributed by atoms with Gasteiger partial charge in [-0.2, -0.15) is 0 Å². The molecule has 0 aliphatic heterocycles. The van der Waals surface area contributed by atoms with Crippen molar-refractivity contribution in [1.82, 2.24) is 0 Å². The number of nitrogens with zero attached hydrogens (tertiary/aromatic N) is 1. The highest BCUT2D eigenvalue weighted by atomic mass is 14.8. The molecule has 0 saturated heterocycles. The summed E-state index contributed by atoms with van der Waals surface area (Å²) in [5.41, 5.74) is 0. The Bertz CT molecular complexity index is 199. The third-order valence-electron chi connectivity index (χ3n) is 2.86. The molecule has 1 atom stereocenters. The van der Waals surface area contributed by atoms with E-state index in [2.05, 4.69) is 31.0 Å². The summed E-state index contributed by atoms with van der Waals surface area (Å²) in [6.07, 6.45) is 15.9. The van der Waals surface area contributed by atoms with Gasteiger partial charge < -0.3 is 0 Å². The number of hydrogen-bond acceptors (Lipinski definition) is 1. The maximum absolute atomic E-state index is 4.51. The van der Waals surface area contributed by atoms with Gasteiger partial charge in [-0.3, -0.25) is 4.99 Å². The van der Waals surface area contributed by atoms with Crippen molar-refractivity contribution in [1.29, 1.82) is 0 Å². The Balaban J connectivity index is 2.08. The average molecular weight is 205 g/mol. The average Bonchev–Trinajstić information content (AvgIpc) is 2.70. The summed E-state index contributed by atoms with van der Waals surface area (Å²) in [6.45, 7) is 6.24. The Morgan fingerprint density at radius 3 is 2.80 bits per heavy atom. The highest BCUT2D eigenvalue weighted by Gasteiger charge is 2.11. The van der Waals surface area contributed by atoms with Crippen LogP contribution in [0.4, 0.5) is 0 Å². The maximum Gasteiger partial charge on any atom is 0.0496 e. The van der Waals surface area contributed by atoms with Gasteiger partial charge >= 0.3 is 0 Å². The molecule has 1 heteroatoms. The first kappa shape index (κ1) is 12.5. The lowest BCUT2D eigenvalue weighted by Crippen LogP contribution is -1.95. The Morgan fingerprint density at radius 2 is 2.13 bits per heavy atom. The van der Waals surface area contributed by atoms with Gasteiger partial charge in [-0.05, 0) is 32.1 Å². The molecular weight excluding hydrogens is 182 g/mol. The second kappa shape index (κ2) is 7.67. The van der Waals surface area contributed by atoms with Crippen LogP contribution in [-0.4, -0.2) is 12.3 Å². The number of aliphatic imine (C=N–C) groups is 1. The molecule has 84 valence electrons. The summed E-state index contributed by atoms with van der Waals surface area (Å²) in [5, 5.41) is 0. The lowest BCUT2D eigenvalue weighted by Gasteiger charge is -2.01. The molecule has 0 heterocycles. The predicted octanol–water partition coefficient (Wildman–Crippen LogP) is 4.01. The van der Waals surface area contributed by atoms with Crippen molar-refractivity contribution in [3.63, 3.8) is 0 Å². The molecule has 0 aromatic heterocycles. The summed E-state index contributed by atoms with van der Waals surface area (Å²) >= 11 is 0. The Labute approximate surface area is 94.7 Å². The summed E-state index contributed by atoms with van der Waals surface area (Å²) < 4.78 is 0. The van der Waals surface area contributed by atoms with E-state index in [1.807, 2.05) is 12.6 Å². The van der Waals surface area contributed by atoms with Crippen LogP contribution in [0.25, 0.3) is 0 Å². The molecule has 1 aliphatic rings. The normalized spacial score (nSPS) is 20.7. The van der Waals surface area contributed by atoms with Gasteiger partial charge in [0, 0.05) is 18.7 Å². The molecule has 2 radical (unpaired) electrons. The minimum atomic E-state index is 0.450. The highest BCUT2D eigenvalue weighted by molar-refractivity contribution is 5.70. The van der Waals surface area contributed by atoms with Gasteiger partial charge in [0.15, 0.2) is 0 Å². The van der Waals surface area contributed by atoms with Crippen molar-refractivity contribution in [2.75, 3.05) is 0 Å². The molecule has 1 saturated carbocycles. The van der Waals surface area contributed by atoms with Crippen LogP contribution < -0.4 is 0 Å². The zero-order valence-corrected chi connectivity index (χ0v) is 9.86. The van der Waals surface area contributed by atoms with E-state index in [9.17, 15) is 0 Å². The van der Waals surface area contributed by atoms with Crippen molar-refractivity contribution < 1.29 is 0 Å². The topological polar surface area (TPSA) is 12.4 Å². The van der Waals surface area contributed by atoms with E-state index in [1.54, 1.807) is 0 Å². The zero-order chi connectivity index (χ0) is 10.9. The lowest BCUT2D eigenvalue weighted by molar-refractivity contribution is 0.687. The first-order valence-electron chi connectivity index (χ1n) is 6.19. The van der Waals surface area contributed by atoms with E-state index in [4.69, 9.17) is 0 Å². The van der Waals surface area contributed by atoms with Gasteiger partial charge in [-0.15, -0.1) is 0 Å². The molecule has 15 heavy (non-hydrogen) atoms. The molecule has 0 aromatic rings. The monoisotopic (exact) mass is 205 g/mol. The summed E-state index contributed by atoms with van der Waals surface area (Å²) in [6, 6.07) is 0.598. The van der Waals surface area contributed by atoms with E-state index < -0.39 is 0 Å². The molecule has 0 spiro atoms. The minimum absolute atomic E-state index is 0.450. The van der Waals surface area contributed by atoms with E-state index in [-0.39, 0.29) is 0 Å². The quantitative estimate of drug-likeness (QED) is 0.581. The highest BCUT2D eigenvalue weighted by Crippen LogP contribution is 2.20. The van der Waals surface area contributed by atoms with Crippen LogP contribution in [-0.2, 0) is 0 Å². The van der Waals surface area contributed by atoms with Gasteiger partial charge in [0.1, 0.15) is 0 Å². The van der Waals surface area contributed by atoms with E-state index in [0.29, 0.717) is 12.0 Å². The fourth-order valence-corrected chi connectivity index (χ4v) is 1.96. The lowest BCUT2D eigenvalue weighted by atomic mass is 10.1. The predicted molar refractivity (Wildman–Crippen MR) is 67.9 cm³/mol. The third kappa shape index (κ3) is 5.76. The standard InChI is InChI=1S/C14H23N/c1-3-8-13(2)9-6-7-12-15-14-10-4-5-11-14/h6-7,9,12-14H,2-5,8,10-11H2,1H3/b9-6-,15-12?/t13-/m1/s1. The van der Waals surface area contributed by atoms with Crippen molar-refractivity contribution in [2.24, 2.45) is 10.9 Å². The fourth-order valence-electron chi connectivity index (χ4n) is 1.96. The largest absolute Gasteiger partial charge is 0.294 e. The van der Waals surface area contributed by atoms with Gasteiger partial charge in [0.05, 0.1) is 0 Å².